The van der Waals surface area contributed by atoms with Crippen LogP contribution in [0.3, 0.4) is 0 Å². The summed E-state index contributed by atoms with van der Waals surface area (Å²) in [5.74, 6) is 0.339. The van der Waals surface area contributed by atoms with Crippen LogP contribution in [0.25, 0.3) is 10.6 Å². The smallest absolute Gasteiger partial charge is 0.253 e. The summed E-state index contributed by atoms with van der Waals surface area (Å²) in [7, 11) is 0. The SMILES string of the molecule is Cc1cccc(C(=O)N2CCCC(c3nc(-c4snc(Cl)c4Cl)cs3)C2)c1. The average molecular weight is 438 g/mol. The number of thiazole rings is 1. The second-order valence-corrected chi connectivity index (χ2v) is 9.05. The van der Waals surface area contributed by atoms with Crippen molar-refractivity contribution < 1.29 is 4.79 Å². The molecule has 1 unspecified atom stereocenters. The molecule has 27 heavy (non-hydrogen) atoms. The minimum atomic E-state index is 0.0949. The van der Waals surface area contributed by atoms with Crippen LogP contribution in [-0.2, 0) is 0 Å². The molecule has 1 aliphatic rings. The number of nitrogens with zero attached hydrogens (tertiary/aromatic N) is 3. The van der Waals surface area contributed by atoms with Gasteiger partial charge in [-0.25, -0.2) is 4.98 Å². The lowest BCUT2D eigenvalue weighted by atomic mass is 9.98. The number of hydrogen-bond acceptors (Lipinski definition) is 5. The highest BCUT2D eigenvalue weighted by Crippen LogP contribution is 2.39. The molecule has 1 amide bonds. The molecule has 1 fully saturated rings. The highest BCUT2D eigenvalue weighted by atomic mass is 35.5. The molecule has 0 aliphatic carbocycles. The van der Waals surface area contributed by atoms with E-state index in [1.807, 2.05) is 41.5 Å². The number of benzene rings is 1. The van der Waals surface area contributed by atoms with Crippen LogP contribution in [0.5, 0.6) is 0 Å². The lowest BCUT2D eigenvalue weighted by Gasteiger charge is -2.32. The number of carbonyl (C=O) groups is 1. The maximum atomic E-state index is 12.9. The molecule has 3 aromatic rings. The molecule has 1 aromatic carbocycles. The molecule has 1 atom stereocenters. The van der Waals surface area contributed by atoms with Crippen LogP contribution < -0.4 is 0 Å². The number of aryl methyl sites for hydroxylation is 1. The first kappa shape index (κ1) is 18.9. The van der Waals surface area contributed by atoms with Crippen molar-refractivity contribution in [2.75, 3.05) is 13.1 Å². The summed E-state index contributed by atoms with van der Waals surface area (Å²) in [6.45, 7) is 3.48. The van der Waals surface area contributed by atoms with Crippen LogP contribution in [0.2, 0.25) is 10.2 Å². The zero-order valence-electron chi connectivity index (χ0n) is 14.6. The quantitative estimate of drug-likeness (QED) is 0.511. The van der Waals surface area contributed by atoms with Crippen molar-refractivity contribution in [1.82, 2.24) is 14.3 Å². The Balaban J connectivity index is 1.52. The van der Waals surface area contributed by atoms with Gasteiger partial charge in [0.25, 0.3) is 5.91 Å². The normalized spacial score (nSPS) is 17.3. The van der Waals surface area contributed by atoms with Gasteiger partial charge in [-0.3, -0.25) is 4.79 Å². The second-order valence-electron chi connectivity index (χ2n) is 6.65. The Kier molecular flexibility index (Phi) is 5.50. The van der Waals surface area contributed by atoms with Crippen molar-refractivity contribution in [2.45, 2.75) is 25.7 Å². The van der Waals surface area contributed by atoms with Crippen LogP contribution in [0, 0.1) is 6.92 Å². The van der Waals surface area contributed by atoms with Crippen LogP contribution in [0.15, 0.2) is 29.6 Å². The number of amides is 1. The van der Waals surface area contributed by atoms with E-state index in [1.54, 1.807) is 11.3 Å². The summed E-state index contributed by atoms with van der Waals surface area (Å²) >= 11 is 15.0. The summed E-state index contributed by atoms with van der Waals surface area (Å²) < 4.78 is 4.08. The highest BCUT2D eigenvalue weighted by Gasteiger charge is 2.28. The number of halogens is 2. The van der Waals surface area contributed by atoms with Crippen molar-refractivity contribution in [1.29, 1.82) is 0 Å². The van der Waals surface area contributed by atoms with E-state index in [0.29, 0.717) is 16.7 Å². The third-order valence-corrected chi connectivity index (χ3v) is 7.50. The number of carbonyl (C=O) groups excluding carboxylic acids is 1. The minimum Gasteiger partial charge on any atom is -0.338 e. The highest BCUT2D eigenvalue weighted by molar-refractivity contribution is 7.12. The van der Waals surface area contributed by atoms with Gasteiger partial charge in [-0.1, -0.05) is 40.9 Å². The van der Waals surface area contributed by atoms with Gasteiger partial charge in [-0.05, 0) is 43.4 Å². The fourth-order valence-electron chi connectivity index (χ4n) is 3.32. The Labute approximate surface area is 175 Å². The first-order chi connectivity index (χ1) is 13.0. The average Bonchev–Trinajstić information content (AvgIpc) is 3.29. The molecule has 0 radical (unpaired) electrons. The molecule has 0 N–H and O–H groups in total. The number of rotatable bonds is 3. The zero-order chi connectivity index (χ0) is 19.0. The van der Waals surface area contributed by atoms with Gasteiger partial charge in [0.05, 0.1) is 20.6 Å². The van der Waals surface area contributed by atoms with E-state index in [9.17, 15) is 4.79 Å². The summed E-state index contributed by atoms with van der Waals surface area (Å²) in [6.07, 6.45) is 2.01. The molecular formula is C19H17Cl2N3OS2. The number of aromatic nitrogens is 2. The van der Waals surface area contributed by atoms with E-state index in [-0.39, 0.29) is 11.8 Å². The Morgan fingerprint density at radius 2 is 2.19 bits per heavy atom. The topological polar surface area (TPSA) is 46.1 Å². The number of hydrogen-bond donors (Lipinski definition) is 0. The van der Waals surface area contributed by atoms with Gasteiger partial charge in [-0.15, -0.1) is 11.3 Å². The standard InChI is InChI=1S/C19H17Cl2N3OS2/c1-11-4-2-5-12(8-11)19(25)24-7-3-6-13(9-24)18-22-14(10-26-18)16-15(20)17(21)23-27-16/h2,4-5,8,10,13H,3,6-7,9H2,1H3. The van der Waals surface area contributed by atoms with Gasteiger partial charge >= 0.3 is 0 Å². The molecule has 140 valence electrons. The summed E-state index contributed by atoms with van der Waals surface area (Å²) in [5, 5.41) is 3.80. The Morgan fingerprint density at radius 3 is 2.93 bits per heavy atom. The van der Waals surface area contributed by atoms with Gasteiger partial charge in [0.2, 0.25) is 0 Å². The maximum absolute atomic E-state index is 12.9. The predicted molar refractivity (Wildman–Crippen MR) is 112 cm³/mol. The lowest BCUT2D eigenvalue weighted by Crippen LogP contribution is -2.39. The molecule has 1 aliphatic heterocycles. The summed E-state index contributed by atoms with van der Waals surface area (Å²) in [4.78, 5) is 20.4. The molecule has 1 saturated heterocycles. The molecule has 3 heterocycles. The third kappa shape index (κ3) is 3.90. The fraction of sp³-hybridized carbons (Fsp3) is 0.316. The summed E-state index contributed by atoms with van der Waals surface area (Å²) in [5.41, 5.74) is 2.66. The van der Waals surface area contributed by atoms with E-state index in [2.05, 4.69) is 4.37 Å². The number of likely N-dealkylation sites (tertiary alicyclic amines) is 1. The Morgan fingerprint density at radius 1 is 1.33 bits per heavy atom. The third-order valence-electron chi connectivity index (χ3n) is 4.68. The van der Waals surface area contributed by atoms with Crippen LogP contribution >= 0.6 is 46.1 Å². The van der Waals surface area contributed by atoms with E-state index in [4.69, 9.17) is 28.2 Å². The molecule has 2 aromatic heterocycles. The largest absolute Gasteiger partial charge is 0.338 e. The number of piperidine rings is 1. The first-order valence-corrected chi connectivity index (χ1v) is 11.1. The van der Waals surface area contributed by atoms with E-state index in [1.165, 1.54) is 11.5 Å². The molecule has 0 bridgehead atoms. The van der Waals surface area contributed by atoms with Gasteiger partial charge in [-0.2, -0.15) is 4.37 Å². The van der Waals surface area contributed by atoms with Gasteiger partial charge in [0, 0.05) is 30.0 Å². The molecule has 0 spiro atoms. The van der Waals surface area contributed by atoms with E-state index in [0.717, 1.165) is 46.1 Å². The molecule has 4 rings (SSSR count). The molecule has 4 nitrogen and oxygen atoms in total. The maximum Gasteiger partial charge on any atom is 0.253 e. The van der Waals surface area contributed by atoms with Crippen molar-refractivity contribution >= 4 is 52.0 Å². The second kappa shape index (κ2) is 7.87. The zero-order valence-corrected chi connectivity index (χ0v) is 17.8. The van der Waals surface area contributed by atoms with E-state index < -0.39 is 0 Å². The van der Waals surface area contributed by atoms with Crippen molar-refractivity contribution in [3.8, 4) is 10.6 Å². The minimum absolute atomic E-state index is 0.0949. The molecular weight excluding hydrogens is 421 g/mol. The monoisotopic (exact) mass is 437 g/mol. The Bertz CT molecular complexity index is 985. The fourth-order valence-corrected chi connectivity index (χ4v) is 5.52. The van der Waals surface area contributed by atoms with Crippen LogP contribution in [-0.4, -0.2) is 33.3 Å². The van der Waals surface area contributed by atoms with E-state index >= 15 is 0 Å². The Hall–Kier alpha value is -1.47. The van der Waals surface area contributed by atoms with Crippen molar-refractivity contribution in [3.63, 3.8) is 0 Å². The van der Waals surface area contributed by atoms with Gasteiger partial charge in [0.15, 0.2) is 5.15 Å². The van der Waals surface area contributed by atoms with Crippen molar-refractivity contribution in [3.05, 3.63) is 56.0 Å². The lowest BCUT2D eigenvalue weighted by molar-refractivity contribution is 0.0707. The van der Waals surface area contributed by atoms with Crippen LogP contribution in [0.4, 0.5) is 0 Å². The molecule has 8 heteroatoms. The predicted octanol–water partition coefficient (Wildman–Crippen LogP) is 5.90. The summed E-state index contributed by atoms with van der Waals surface area (Å²) in [6, 6.07) is 7.77. The van der Waals surface area contributed by atoms with Crippen molar-refractivity contribution in [2.24, 2.45) is 0 Å². The first-order valence-electron chi connectivity index (χ1n) is 8.65. The van der Waals surface area contributed by atoms with Gasteiger partial charge in [0.1, 0.15) is 0 Å². The molecule has 0 saturated carbocycles. The van der Waals surface area contributed by atoms with Crippen LogP contribution in [0.1, 0.15) is 39.7 Å². The van der Waals surface area contributed by atoms with Gasteiger partial charge < -0.3 is 4.90 Å².